The first-order chi connectivity index (χ1) is 9.38. The van der Waals surface area contributed by atoms with Crippen molar-refractivity contribution in [1.29, 1.82) is 0 Å². The minimum absolute atomic E-state index is 0.170. The summed E-state index contributed by atoms with van der Waals surface area (Å²) in [6, 6.07) is 8.63. The summed E-state index contributed by atoms with van der Waals surface area (Å²) in [5, 5.41) is 3.70. The third kappa shape index (κ3) is 3.35. The second kappa shape index (κ2) is 5.77. The van der Waals surface area contributed by atoms with Gasteiger partial charge in [-0.25, -0.2) is 0 Å². The van der Waals surface area contributed by atoms with Crippen molar-refractivity contribution in [3.63, 3.8) is 0 Å². The fourth-order valence-corrected chi connectivity index (χ4v) is 3.20. The fraction of sp³-hybridized carbons (Fsp3) is 0.667. The molecule has 1 fully saturated rings. The molecule has 1 aliphatic carbocycles. The average Bonchev–Trinajstić information content (AvgIpc) is 2.37. The summed E-state index contributed by atoms with van der Waals surface area (Å²) in [5.41, 5.74) is 1.89. The van der Waals surface area contributed by atoms with Crippen LogP contribution in [0.1, 0.15) is 52.5 Å². The highest BCUT2D eigenvalue weighted by atomic mass is 16.5. The standard InChI is InChI=1S/C18H29NO/c1-6-14-11-18(12-14,13-19-17(2,3)4)15-8-7-9-16(10-15)20-5/h7-10,14,19H,6,11-13H2,1-5H3. The number of rotatable bonds is 5. The molecule has 0 unspecified atom stereocenters. The molecule has 112 valence electrons. The van der Waals surface area contributed by atoms with Gasteiger partial charge in [-0.3, -0.25) is 0 Å². The zero-order chi connectivity index (χ0) is 14.8. The van der Waals surface area contributed by atoms with E-state index >= 15 is 0 Å². The van der Waals surface area contributed by atoms with E-state index in [1.165, 1.54) is 24.8 Å². The van der Waals surface area contributed by atoms with Gasteiger partial charge in [0.2, 0.25) is 0 Å². The first-order valence-electron chi connectivity index (χ1n) is 7.78. The summed E-state index contributed by atoms with van der Waals surface area (Å²) in [7, 11) is 1.74. The maximum atomic E-state index is 5.40. The van der Waals surface area contributed by atoms with Crippen LogP contribution >= 0.6 is 0 Å². The monoisotopic (exact) mass is 275 g/mol. The number of benzene rings is 1. The fourth-order valence-electron chi connectivity index (χ4n) is 3.20. The van der Waals surface area contributed by atoms with Gasteiger partial charge in [-0.05, 0) is 57.2 Å². The second-order valence-electron chi connectivity index (χ2n) is 7.30. The molecule has 0 spiro atoms. The van der Waals surface area contributed by atoms with Crippen molar-refractivity contribution in [2.45, 2.75) is 57.9 Å². The molecule has 0 aromatic heterocycles. The van der Waals surface area contributed by atoms with Crippen LogP contribution in [0.15, 0.2) is 24.3 Å². The molecule has 1 N–H and O–H groups in total. The topological polar surface area (TPSA) is 21.3 Å². The van der Waals surface area contributed by atoms with Gasteiger partial charge in [-0.2, -0.15) is 0 Å². The molecule has 20 heavy (non-hydrogen) atoms. The van der Waals surface area contributed by atoms with Crippen LogP contribution in [0.4, 0.5) is 0 Å². The molecule has 1 aromatic carbocycles. The Balaban J connectivity index is 2.19. The van der Waals surface area contributed by atoms with Gasteiger partial charge in [-0.15, -0.1) is 0 Å². The number of methoxy groups -OCH3 is 1. The number of hydrogen-bond donors (Lipinski definition) is 1. The van der Waals surface area contributed by atoms with Gasteiger partial charge in [0.25, 0.3) is 0 Å². The molecule has 0 saturated heterocycles. The lowest BCUT2D eigenvalue weighted by molar-refractivity contribution is 0.124. The number of ether oxygens (including phenoxy) is 1. The molecule has 2 nitrogen and oxygen atoms in total. The maximum Gasteiger partial charge on any atom is 0.119 e. The minimum atomic E-state index is 0.170. The highest BCUT2D eigenvalue weighted by Crippen LogP contribution is 2.49. The summed E-state index contributed by atoms with van der Waals surface area (Å²) in [4.78, 5) is 0. The first kappa shape index (κ1) is 15.4. The maximum absolute atomic E-state index is 5.40. The summed E-state index contributed by atoms with van der Waals surface area (Å²) < 4.78 is 5.40. The van der Waals surface area contributed by atoms with Crippen LogP contribution in [-0.2, 0) is 5.41 Å². The molecule has 1 aliphatic rings. The molecule has 1 saturated carbocycles. The van der Waals surface area contributed by atoms with Crippen molar-refractivity contribution in [3.8, 4) is 5.75 Å². The molecule has 0 radical (unpaired) electrons. The van der Waals surface area contributed by atoms with Gasteiger partial charge in [0, 0.05) is 17.5 Å². The average molecular weight is 275 g/mol. The van der Waals surface area contributed by atoms with Crippen molar-refractivity contribution in [1.82, 2.24) is 5.32 Å². The molecule has 2 heteroatoms. The Bertz CT molecular complexity index is 441. The Morgan fingerprint density at radius 3 is 2.55 bits per heavy atom. The van der Waals surface area contributed by atoms with Crippen LogP contribution in [0, 0.1) is 5.92 Å². The van der Waals surface area contributed by atoms with E-state index in [1.54, 1.807) is 7.11 Å². The SMILES string of the molecule is CCC1CC(CNC(C)(C)C)(c2cccc(OC)c2)C1. The quantitative estimate of drug-likeness (QED) is 0.872. The summed E-state index contributed by atoms with van der Waals surface area (Å²) in [6.07, 6.45) is 3.88. The molecule has 2 rings (SSSR count). The van der Waals surface area contributed by atoms with E-state index in [4.69, 9.17) is 4.74 Å². The number of nitrogens with one attached hydrogen (secondary N) is 1. The largest absolute Gasteiger partial charge is 0.497 e. The second-order valence-corrected chi connectivity index (χ2v) is 7.30. The molecule has 0 bridgehead atoms. The lowest BCUT2D eigenvalue weighted by Gasteiger charge is -2.49. The molecule has 1 aromatic rings. The predicted molar refractivity (Wildman–Crippen MR) is 85.4 cm³/mol. The Morgan fingerprint density at radius 2 is 2.00 bits per heavy atom. The van der Waals surface area contributed by atoms with Gasteiger partial charge in [0.15, 0.2) is 0 Å². The Hall–Kier alpha value is -1.02. The van der Waals surface area contributed by atoms with Gasteiger partial charge in [0.05, 0.1) is 7.11 Å². The summed E-state index contributed by atoms with van der Waals surface area (Å²) in [6.45, 7) is 10.1. The van der Waals surface area contributed by atoms with Crippen molar-refractivity contribution in [3.05, 3.63) is 29.8 Å². The highest BCUT2D eigenvalue weighted by Gasteiger charge is 2.44. The van der Waals surface area contributed by atoms with Crippen LogP contribution < -0.4 is 10.1 Å². The van der Waals surface area contributed by atoms with E-state index < -0.39 is 0 Å². The van der Waals surface area contributed by atoms with E-state index in [-0.39, 0.29) is 5.54 Å². The van der Waals surface area contributed by atoms with Crippen molar-refractivity contribution in [2.75, 3.05) is 13.7 Å². The van der Waals surface area contributed by atoms with Crippen molar-refractivity contribution in [2.24, 2.45) is 5.92 Å². The first-order valence-corrected chi connectivity index (χ1v) is 7.78. The van der Waals surface area contributed by atoms with Gasteiger partial charge >= 0.3 is 0 Å². The lowest BCUT2D eigenvalue weighted by Crippen LogP contribution is -2.52. The van der Waals surface area contributed by atoms with Gasteiger partial charge < -0.3 is 10.1 Å². The normalized spacial score (nSPS) is 26.1. The van der Waals surface area contributed by atoms with Crippen LogP contribution in [0.5, 0.6) is 5.75 Å². The van der Waals surface area contributed by atoms with E-state index in [9.17, 15) is 0 Å². The molecular formula is C18H29NO. The molecule has 0 atom stereocenters. The smallest absolute Gasteiger partial charge is 0.119 e. The summed E-state index contributed by atoms with van der Waals surface area (Å²) >= 11 is 0. The van der Waals surface area contributed by atoms with Gasteiger partial charge in [-0.1, -0.05) is 25.5 Å². The van der Waals surface area contributed by atoms with Gasteiger partial charge in [0.1, 0.15) is 5.75 Å². The third-order valence-electron chi connectivity index (χ3n) is 4.58. The van der Waals surface area contributed by atoms with E-state index in [0.29, 0.717) is 5.41 Å². The van der Waals surface area contributed by atoms with Crippen LogP contribution in [-0.4, -0.2) is 19.2 Å². The Morgan fingerprint density at radius 1 is 1.30 bits per heavy atom. The Kier molecular flexibility index (Phi) is 4.43. The van der Waals surface area contributed by atoms with E-state index in [0.717, 1.165) is 18.2 Å². The minimum Gasteiger partial charge on any atom is -0.497 e. The molecular weight excluding hydrogens is 246 g/mol. The summed E-state index contributed by atoms with van der Waals surface area (Å²) in [5.74, 6) is 1.85. The third-order valence-corrected chi connectivity index (χ3v) is 4.58. The predicted octanol–water partition coefficient (Wildman–Crippen LogP) is 4.14. The highest BCUT2D eigenvalue weighted by molar-refractivity contribution is 5.36. The van der Waals surface area contributed by atoms with E-state index in [1.807, 2.05) is 6.07 Å². The zero-order valence-electron chi connectivity index (χ0n) is 13.6. The van der Waals surface area contributed by atoms with Crippen molar-refractivity contribution >= 4 is 0 Å². The Labute approximate surface area is 123 Å². The van der Waals surface area contributed by atoms with E-state index in [2.05, 4.69) is 51.2 Å². The van der Waals surface area contributed by atoms with Crippen LogP contribution in [0.2, 0.25) is 0 Å². The van der Waals surface area contributed by atoms with Crippen LogP contribution in [0.3, 0.4) is 0 Å². The van der Waals surface area contributed by atoms with Crippen LogP contribution in [0.25, 0.3) is 0 Å². The zero-order valence-corrected chi connectivity index (χ0v) is 13.6. The molecule has 0 heterocycles. The molecule has 0 aliphatic heterocycles. The number of hydrogen-bond acceptors (Lipinski definition) is 2. The lowest BCUT2D eigenvalue weighted by atomic mass is 9.57. The van der Waals surface area contributed by atoms with Crippen molar-refractivity contribution < 1.29 is 4.74 Å². The molecule has 0 amide bonds.